The third kappa shape index (κ3) is 7.93. The summed E-state index contributed by atoms with van der Waals surface area (Å²) in [7, 11) is 1.38. The standard InChI is InChI=1S/C14H26N2O3S.ClH/c1-19-13(18)10-20-8-7-16-12(17)9-14(11-15)5-3-2-4-6-14;/h2-11,15H2,1H3,(H,16,17);1H. The maximum atomic E-state index is 12.0. The Morgan fingerprint density at radius 3 is 2.52 bits per heavy atom. The molecule has 0 bridgehead atoms. The molecule has 21 heavy (non-hydrogen) atoms. The molecular weight excluding hydrogens is 312 g/mol. The van der Waals surface area contributed by atoms with E-state index in [9.17, 15) is 9.59 Å². The van der Waals surface area contributed by atoms with E-state index in [0.717, 1.165) is 18.6 Å². The topological polar surface area (TPSA) is 81.4 Å². The summed E-state index contributed by atoms with van der Waals surface area (Å²) in [5.41, 5.74) is 5.89. The van der Waals surface area contributed by atoms with Gasteiger partial charge in [-0.25, -0.2) is 0 Å². The highest BCUT2D eigenvalue weighted by Crippen LogP contribution is 2.38. The summed E-state index contributed by atoms with van der Waals surface area (Å²) in [6.07, 6.45) is 6.28. The fraction of sp³-hybridized carbons (Fsp3) is 0.857. The van der Waals surface area contributed by atoms with Crippen LogP contribution in [-0.4, -0.2) is 43.6 Å². The van der Waals surface area contributed by atoms with Gasteiger partial charge in [0.05, 0.1) is 12.9 Å². The second-order valence-corrected chi connectivity index (χ2v) is 6.53. The normalized spacial score (nSPS) is 16.7. The summed E-state index contributed by atoms with van der Waals surface area (Å²) in [4.78, 5) is 22.9. The fourth-order valence-electron chi connectivity index (χ4n) is 2.63. The van der Waals surface area contributed by atoms with Crippen molar-refractivity contribution < 1.29 is 14.3 Å². The van der Waals surface area contributed by atoms with Crippen molar-refractivity contribution in [3.05, 3.63) is 0 Å². The predicted octanol–water partition coefficient (Wildman–Crippen LogP) is 1.73. The summed E-state index contributed by atoms with van der Waals surface area (Å²) in [5, 5.41) is 2.91. The van der Waals surface area contributed by atoms with Gasteiger partial charge in [-0.3, -0.25) is 9.59 Å². The highest BCUT2D eigenvalue weighted by atomic mass is 35.5. The number of carbonyl (C=O) groups excluding carboxylic acids is 2. The van der Waals surface area contributed by atoms with E-state index in [2.05, 4.69) is 10.1 Å². The summed E-state index contributed by atoms with van der Waals surface area (Å²) >= 11 is 1.46. The number of methoxy groups -OCH3 is 1. The number of ether oxygens (including phenoxy) is 1. The first kappa shape index (κ1) is 20.5. The Morgan fingerprint density at radius 2 is 1.95 bits per heavy atom. The number of nitrogens with one attached hydrogen (secondary N) is 1. The zero-order valence-corrected chi connectivity index (χ0v) is 14.3. The van der Waals surface area contributed by atoms with Crippen molar-refractivity contribution in [2.45, 2.75) is 38.5 Å². The van der Waals surface area contributed by atoms with Gasteiger partial charge in [-0.2, -0.15) is 0 Å². The third-order valence-electron chi connectivity index (χ3n) is 3.90. The number of carbonyl (C=O) groups is 2. The van der Waals surface area contributed by atoms with Crippen LogP contribution in [-0.2, 0) is 14.3 Å². The molecule has 0 aromatic rings. The molecule has 1 fully saturated rings. The number of halogens is 1. The van der Waals surface area contributed by atoms with E-state index in [1.807, 2.05) is 0 Å². The fourth-order valence-corrected chi connectivity index (χ4v) is 3.31. The Kier molecular flexibility index (Phi) is 10.9. The van der Waals surface area contributed by atoms with E-state index >= 15 is 0 Å². The van der Waals surface area contributed by atoms with Crippen molar-refractivity contribution in [1.29, 1.82) is 0 Å². The summed E-state index contributed by atoms with van der Waals surface area (Å²) in [6.45, 7) is 1.18. The Morgan fingerprint density at radius 1 is 1.29 bits per heavy atom. The third-order valence-corrected chi connectivity index (χ3v) is 4.83. The number of nitrogens with two attached hydrogens (primary N) is 1. The van der Waals surface area contributed by atoms with E-state index in [4.69, 9.17) is 5.73 Å². The maximum Gasteiger partial charge on any atom is 0.315 e. The van der Waals surface area contributed by atoms with Crippen LogP contribution in [0.15, 0.2) is 0 Å². The molecule has 3 N–H and O–H groups in total. The zero-order chi connectivity index (χ0) is 14.8. The van der Waals surface area contributed by atoms with Gasteiger partial charge in [-0.05, 0) is 24.8 Å². The van der Waals surface area contributed by atoms with Crippen LogP contribution in [0.3, 0.4) is 0 Å². The molecule has 7 heteroatoms. The van der Waals surface area contributed by atoms with Crippen LogP contribution in [0.4, 0.5) is 0 Å². The number of rotatable bonds is 8. The summed E-state index contributed by atoms with van der Waals surface area (Å²) < 4.78 is 4.55. The number of thioether (sulfide) groups is 1. The molecular formula is C14H27ClN2O3S. The van der Waals surface area contributed by atoms with E-state index in [-0.39, 0.29) is 29.7 Å². The molecule has 1 aliphatic carbocycles. The lowest BCUT2D eigenvalue weighted by atomic mass is 9.72. The van der Waals surface area contributed by atoms with Gasteiger partial charge in [0.1, 0.15) is 0 Å². The summed E-state index contributed by atoms with van der Waals surface area (Å²) in [6, 6.07) is 0. The number of hydrogen-bond acceptors (Lipinski definition) is 5. The molecule has 1 amide bonds. The first-order valence-corrected chi connectivity index (χ1v) is 8.39. The minimum atomic E-state index is -0.231. The van der Waals surface area contributed by atoms with Crippen molar-refractivity contribution in [1.82, 2.24) is 5.32 Å². The predicted molar refractivity (Wildman–Crippen MR) is 88.8 cm³/mol. The van der Waals surface area contributed by atoms with Gasteiger partial charge >= 0.3 is 5.97 Å². The molecule has 0 saturated heterocycles. The van der Waals surface area contributed by atoms with Gasteiger partial charge < -0.3 is 15.8 Å². The maximum absolute atomic E-state index is 12.0. The minimum Gasteiger partial charge on any atom is -0.468 e. The molecule has 0 aliphatic heterocycles. The molecule has 1 saturated carbocycles. The average molecular weight is 339 g/mol. The second-order valence-electron chi connectivity index (χ2n) is 5.42. The summed E-state index contributed by atoms with van der Waals surface area (Å²) in [5.74, 6) is 0.900. The molecule has 0 aromatic heterocycles. The monoisotopic (exact) mass is 338 g/mol. The van der Waals surface area contributed by atoms with Crippen molar-refractivity contribution in [3.8, 4) is 0 Å². The molecule has 0 unspecified atom stereocenters. The molecule has 5 nitrogen and oxygen atoms in total. The molecule has 0 aromatic carbocycles. The van der Waals surface area contributed by atoms with Gasteiger partial charge in [-0.1, -0.05) is 19.3 Å². The Hall–Kier alpha value is -0.460. The van der Waals surface area contributed by atoms with Crippen LogP contribution in [0.25, 0.3) is 0 Å². The van der Waals surface area contributed by atoms with Crippen LogP contribution in [0.2, 0.25) is 0 Å². The molecule has 0 heterocycles. The van der Waals surface area contributed by atoms with E-state index in [1.165, 1.54) is 38.1 Å². The Labute approximate surface area is 137 Å². The number of hydrogen-bond donors (Lipinski definition) is 2. The van der Waals surface area contributed by atoms with Crippen molar-refractivity contribution >= 4 is 36.0 Å². The lowest BCUT2D eigenvalue weighted by Gasteiger charge is -2.35. The quantitative estimate of drug-likeness (QED) is 0.520. The van der Waals surface area contributed by atoms with Gasteiger partial charge in [0, 0.05) is 18.7 Å². The van der Waals surface area contributed by atoms with Crippen LogP contribution >= 0.6 is 24.2 Å². The molecule has 0 atom stereocenters. The molecule has 0 spiro atoms. The van der Waals surface area contributed by atoms with Crippen molar-refractivity contribution in [2.24, 2.45) is 11.1 Å². The Balaban J connectivity index is 0.00000400. The van der Waals surface area contributed by atoms with E-state index < -0.39 is 0 Å². The van der Waals surface area contributed by atoms with Gasteiger partial charge in [-0.15, -0.1) is 24.2 Å². The zero-order valence-electron chi connectivity index (χ0n) is 12.7. The highest BCUT2D eigenvalue weighted by molar-refractivity contribution is 7.99. The molecule has 124 valence electrons. The van der Waals surface area contributed by atoms with Gasteiger partial charge in [0.15, 0.2) is 0 Å². The van der Waals surface area contributed by atoms with Gasteiger partial charge in [0.2, 0.25) is 5.91 Å². The van der Waals surface area contributed by atoms with Crippen molar-refractivity contribution in [3.63, 3.8) is 0 Å². The van der Waals surface area contributed by atoms with Crippen LogP contribution in [0.1, 0.15) is 38.5 Å². The van der Waals surface area contributed by atoms with Crippen LogP contribution in [0, 0.1) is 5.41 Å². The number of esters is 1. The van der Waals surface area contributed by atoms with Gasteiger partial charge in [0.25, 0.3) is 0 Å². The molecule has 0 radical (unpaired) electrons. The molecule has 1 rings (SSSR count). The first-order valence-electron chi connectivity index (χ1n) is 7.23. The lowest BCUT2D eigenvalue weighted by Crippen LogP contribution is -2.39. The van der Waals surface area contributed by atoms with E-state index in [1.54, 1.807) is 0 Å². The SMILES string of the molecule is COC(=O)CSCCNC(=O)CC1(CN)CCCCC1.Cl. The number of amides is 1. The Bertz CT molecular complexity index is 323. The first-order chi connectivity index (χ1) is 9.62. The van der Waals surface area contributed by atoms with Crippen molar-refractivity contribution in [2.75, 3.05) is 31.7 Å². The smallest absolute Gasteiger partial charge is 0.315 e. The van der Waals surface area contributed by atoms with Crippen LogP contribution < -0.4 is 11.1 Å². The molecule has 1 aliphatic rings. The second kappa shape index (κ2) is 11.2. The minimum absolute atomic E-state index is 0. The van der Waals surface area contributed by atoms with Crippen LogP contribution in [0.5, 0.6) is 0 Å². The lowest BCUT2D eigenvalue weighted by molar-refractivity contribution is -0.137. The van der Waals surface area contributed by atoms with E-state index in [0.29, 0.717) is 25.3 Å². The average Bonchev–Trinajstić information content (AvgIpc) is 2.47. The highest BCUT2D eigenvalue weighted by Gasteiger charge is 2.32. The largest absolute Gasteiger partial charge is 0.468 e.